The predicted molar refractivity (Wildman–Crippen MR) is 107 cm³/mol. The van der Waals surface area contributed by atoms with Gasteiger partial charge in [-0.05, 0) is 44.7 Å². The van der Waals surface area contributed by atoms with Crippen LogP contribution in [0.1, 0.15) is 91.9 Å². The van der Waals surface area contributed by atoms with E-state index >= 15 is 0 Å². The van der Waals surface area contributed by atoms with Gasteiger partial charge in [-0.25, -0.2) is 0 Å². The lowest BCUT2D eigenvalue weighted by Crippen LogP contribution is -2.09. The molecule has 2 nitrogen and oxygen atoms in total. The topological polar surface area (TPSA) is 26.3 Å². The average Bonchev–Trinajstić information content (AvgIpc) is 2.54. The van der Waals surface area contributed by atoms with Crippen molar-refractivity contribution in [3.8, 4) is 0 Å². The van der Waals surface area contributed by atoms with Crippen molar-refractivity contribution < 1.29 is 9.53 Å². The van der Waals surface area contributed by atoms with Crippen LogP contribution in [0.3, 0.4) is 0 Å². The molecule has 0 heterocycles. The normalized spacial score (nSPS) is 11.5. The van der Waals surface area contributed by atoms with E-state index in [2.05, 4.69) is 26.6 Å². The standard InChI is InChI=1S/C20H41O2P/c1-5-9-12-16-23(17-13-10-6-2,18-14-11-7-3)19-15-20(21)22-8-4/h19H,5-18H2,1-4H3. The molecule has 0 radical (unpaired) electrons. The van der Waals surface area contributed by atoms with Gasteiger partial charge in [-0.2, -0.15) is 0 Å². The lowest BCUT2D eigenvalue weighted by Gasteiger charge is -2.27. The second-order valence-electron chi connectivity index (χ2n) is 6.70. The Balaban J connectivity index is 4.98. The monoisotopic (exact) mass is 344 g/mol. The first kappa shape index (κ1) is 22.8. The van der Waals surface area contributed by atoms with Gasteiger partial charge in [0, 0.05) is 0 Å². The third kappa shape index (κ3) is 11.9. The highest BCUT2D eigenvalue weighted by molar-refractivity contribution is 7.74. The molecular weight excluding hydrogens is 303 g/mol. The second-order valence-corrected chi connectivity index (χ2v) is 10.8. The Kier molecular flexibility index (Phi) is 15.2. The minimum Gasteiger partial charge on any atom is -0.466 e. The summed E-state index contributed by atoms with van der Waals surface area (Å²) in [5.41, 5.74) is 0. The molecule has 3 heteroatoms. The highest BCUT2D eigenvalue weighted by atomic mass is 31.2. The van der Waals surface area contributed by atoms with Crippen LogP contribution in [-0.2, 0) is 9.53 Å². The van der Waals surface area contributed by atoms with Crippen molar-refractivity contribution in [1.29, 1.82) is 0 Å². The molecule has 0 spiro atoms. The maximum atomic E-state index is 11.8. The highest BCUT2D eigenvalue weighted by Crippen LogP contribution is 2.50. The average molecular weight is 345 g/mol. The van der Waals surface area contributed by atoms with E-state index in [0.29, 0.717) is 13.0 Å². The van der Waals surface area contributed by atoms with Crippen molar-refractivity contribution in [2.24, 2.45) is 0 Å². The fraction of sp³-hybridized carbons (Fsp3) is 0.900. The number of carbonyl (C=O) groups is 1. The first-order valence-electron chi connectivity index (χ1n) is 9.99. The molecule has 0 aliphatic heterocycles. The summed E-state index contributed by atoms with van der Waals surface area (Å²) in [7, 11) is 0. The van der Waals surface area contributed by atoms with Crippen LogP contribution in [0.15, 0.2) is 0 Å². The summed E-state index contributed by atoms with van der Waals surface area (Å²) >= 11 is 0. The van der Waals surface area contributed by atoms with Gasteiger partial charge in [0.2, 0.25) is 0 Å². The van der Waals surface area contributed by atoms with Crippen molar-refractivity contribution >= 4 is 18.7 Å². The lowest BCUT2D eigenvalue weighted by molar-refractivity contribution is -0.141. The van der Waals surface area contributed by atoms with E-state index in [1.54, 1.807) is 0 Å². The highest BCUT2D eigenvalue weighted by Gasteiger charge is 2.17. The zero-order valence-corrected chi connectivity index (χ0v) is 17.1. The van der Waals surface area contributed by atoms with Gasteiger partial charge < -0.3 is 4.74 Å². The smallest absolute Gasteiger partial charge is 0.309 e. The van der Waals surface area contributed by atoms with Gasteiger partial charge in [0.15, 0.2) is 0 Å². The number of ether oxygens (including phenoxy) is 1. The molecule has 0 saturated carbocycles. The number of esters is 1. The molecule has 0 aromatic carbocycles. The van der Waals surface area contributed by atoms with Gasteiger partial charge in [0.25, 0.3) is 0 Å². The summed E-state index contributed by atoms with van der Waals surface area (Å²) in [4.78, 5) is 11.8. The van der Waals surface area contributed by atoms with Gasteiger partial charge in [-0.1, -0.05) is 65.1 Å². The Morgan fingerprint density at radius 2 is 1.22 bits per heavy atom. The fourth-order valence-electron chi connectivity index (χ4n) is 3.13. The molecule has 0 fully saturated rings. The summed E-state index contributed by atoms with van der Waals surface area (Å²) in [5, 5.41) is 0. The number of hydrogen-bond donors (Lipinski definition) is 0. The van der Waals surface area contributed by atoms with Gasteiger partial charge in [-0.3, -0.25) is 4.79 Å². The zero-order valence-electron chi connectivity index (χ0n) is 16.2. The van der Waals surface area contributed by atoms with E-state index in [9.17, 15) is 4.79 Å². The van der Waals surface area contributed by atoms with E-state index < -0.39 is 6.89 Å². The third-order valence-electron chi connectivity index (χ3n) is 4.57. The van der Waals surface area contributed by atoms with E-state index in [4.69, 9.17) is 4.74 Å². The van der Waals surface area contributed by atoms with Crippen LogP contribution in [0.2, 0.25) is 0 Å². The molecule has 0 saturated heterocycles. The Hall–Kier alpha value is -0.230. The molecule has 138 valence electrons. The van der Waals surface area contributed by atoms with Gasteiger partial charge in [0.05, 0.1) is 13.0 Å². The molecule has 0 amide bonds. The van der Waals surface area contributed by atoms with E-state index in [1.807, 2.05) is 6.92 Å². The van der Waals surface area contributed by atoms with Crippen molar-refractivity contribution in [3.63, 3.8) is 0 Å². The number of rotatable bonds is 15. The van der Waals surface area contributed by atoms with Crippen LogP contribution in [0, 0.1) is 0 Å². The minimum absolute atomic E-state index is 0.0293. The summed E-state index contributed by atoms with van der Waals surface area (Å²) in [5.74, 6) is 2.41. The summed E-state index contributed by atoms with van der Waals surface area (Å²) in [6, 6.07) is 0. The Morgan fingerprint density at radius 3 is 1.57 bits per heavy atom. The molecule has 0 aliphatic rings. The van der Waals surface area contributed by atoms with Crippen molar-refractivity contribution in [2.75, 3.05) is 25.1 Å². The maximum Gasteiger partial charge on any atom is 0.309 e. The number of unbranched alkanes of at least 4 members (excludes halogenated alkanes) is 6. The molecule has 0 rings (SSSR count). The largest absolute Gasteiger partial charge is 0.466 e. The fourth-order valence-corrected chi connectivity index (χ4v) is 7.44. The van der Waals surface area contributed by atoms with E-state index in [-0.39, 0.29) is 5.97 Å². The summed E-state index contributed by atoms with van der Waals surface area (Å²) in [6.45, 7) is 8.13. The van der Waals surface area contributed by atoms with Crippen LogP contribution in [0.5, 0.6) is 0 Å². The quantitative estimate of drug-likeness (QED) is 0.197. The third-order valence-corrected chi connectivity index (χ3v) is 9.15. The Bertz CT molecular complexity index is 303. The minimum atomic E-state index is -1.09. The van der Waals surface area contributed by atoms with Gasteiger partial charge in [-0.15, -0.1) is 6.89 Å². The second kappa shape index (κ2) is 15.3. The van der Waals surface area contributed by atoms with Crippen LogP contribution in [0.4, 0.5) is 0 Å². The molecule has 0 aromatic rings. The predicted octanol–water partition coefficient (Wildman–Crippen LogP) is 6.33. The molecular formula is C20H41O2P. The molecule has 0 aliphatic carbocycles. The van der Waals surface area contributed by atoms with Gasteiger partial charge in [0.1, 0.15) is 0 Å². The van der Waals surface area contributed by atoms with E-state index in [1.165, 1.54) is 76.3 Å². The molecule has 23 heavy (non-hydrogen) atoms. The lowest BCUT2D eigenvalue weighted by atomic mass is 10.3. The maximum absolute atomic E-state index is 11.8. The summed E-state index contributed by atoms with van der Waals surface area (Å²) in [6.07, 6.45) is 16.4. The Labute approximate surface area is 145 Å². The van der Waals surface area contributed by atoms with Crippen LogP contribution in [-0.4, -0.2) is 36.9 Å². The first-order chi connectivity index (χ1) is 11.1. The van der Waals surface area contributed by atoms with E-state index in [0.717, 1.165) is 0 Å². The van der Waals surface area contributed by atoms with Crippen LogP contribution >= 0.6 is 6.89 Å². The van der Waals surface area contributed by atoms with Crippen LogP contribution < -0.4 is 0 Å². The Morgan fingerprint density at radius 1 is 0.783 bits per heavy atom. The van der Waals surface area contributed by atoms with Crippen molar-refractivity contribution in [3.05, 3.63) is 0 Å². The molecule has 0 N–H and O–H groups in total. The molecule has 0 bridgehead atoms. The molecule has 0 unspecified atom stereocenters. The first-order valence-corrected chi connectivity index (χ1v) is 12.4. The van der Waals surface area contributed by atoms with Crippen molar-refractivity contribution in [2.45, 2.75) is 91.9 Å². The zero-order chi connectivity index (χ0) is 17.4. The number of hydrogen-bond acceptors (Lipinski definition) is 2. The van der Waals surface area contributed by atoms with Gasteiger partial charge >= 0.3 is 5.97 Å². The van der Waals surface area contributed by atoms with Crippen molar-refractivity contribution in [1.82, 2.24) is 0 Å². The SMILES string of the molecule is CCCCCP(=CCC(=O)OCC)(CCCCC)CCCCC. The molecule has 0 atom stereocenters. The number of carbonyl (C=O) groups excluding carboxylic acids is 1. The van der Waals surface area contributed by atoms with Crippen LogP contribution in [0.25, 0.3) is 0 Å². The summed E-state index contributed by atoms with van der Waals surface area (Å²) < 4.78 is 5.16. The molecule has 0 aromatic heterocycles.